The number of aromatic nitrogens is 2. The molecule has 2 heterocycles. The van der Waals surface area contributed by atoms with Gasteiger partial charge < -0.3 is 9.88 Å². The fourth-order valence-electron chi connectivity index (χ4n) is 2.37. The van der Waals surface area contributed by atoms with Gasteiger partial charge in [-0.3, -0.25) is 4.90 Å². The van der Waals surface area contributed by atoms with Crippen molar-refractivity contribution in [3.63, 3.8) is 0 Å². The Morgan fingerprint density at radius 1 is 1.53 bits per heavy atom. The van der Waals surface area contributed by atoms with Gasteiger partial charge in [0.05, 0.1) is 6.54 Å². The summed E-state index contributed by atoms with van der Waals surface area (Å²) in [5.41, 5.74) is 0. The molecule has 1 aromatic rings. The molecule has 17 heavy (non-hydrogen) atoms. The Balaban J connectivity index is 1.76. The van der Waals surface area contributed by atoms with Crippen molar-refractivity contribution in [1.29, 1.82) is 0 Å². The summed E-state index contributed by atoms with van der Waals surface area (Å²) >= 11 is 0. The number of aryl methyl sites for hydroxylation is 1. The van der Waals surface area contributed by atoms with Crippen molar-refractivity contribution < 1.29 is 0 Å². The Labute approximate surface area is 104 Å². The van der Waals surface area contributed by atoms with E-state index in [0.29, 0.717) is 6.04 Å². The van der Waals surface area contributed by atoms with Crippen LogP contribution >= 0.6 is 0 Å². The number of hydrogen-bond acceptors (Lipinski definition) is 3. The standard InChI is InChI=1S/C13H24N4/c1-11(2)15-8-12-4-6-17(9-12)10-13-14-5-7-16(13)3/h5,7,11-12,15H,4,6,8-10H2,1-3H3. The van der Waals surface area contributed by atoms with E-state index in [-0.39, 0.29) is 0 Å². The molecule has 4 nitrogen and oxygen atoms in total. The highest BCUT2D eigenvalue weighted by atomic mass is 15.2. The van der Waals surface area contributed by atoms with Gasteiger partial charge in [0.2, 0.25) is 0 Å². The van der Waals surface area contributed by atoms with E-state index in [1.165, 1.54) is 25.3 Å². The Morgan fingerprint density at radius 2 is 2.35 bits per heavy atom. The van der Waals surface area contributed by atoms with E-state index in [0.717, 1.165) is 19.0 Å². The fraction of sp³-hybridized carbons (Fsp3) is 0.769. The summed E-state index contributed by atoms with van der Waals surface area (Å²) in [7, 11) is 2.07. The molecule has 0 spiro atoms. The van der Waals surface area contributed by atoms with Crippen molar-refractivity contribution in [1.82, 2.24) is 19.8 Å². The van der Waals surface area contributed by atoms with Gasteiger partial charge in [0.1, 0.15) is 5.82 Å². The molecule has 0 radical (unpaired) electrons. The normalized spacial score (nSPS) is 21.5. The third-order valence-corrected chi connectivity index (χ3v) is 3.47. The molecule has 1 aliphatic rings. The molecule has 1 aliphatic heterocycles. The first-order valence-corrected chi connectivity index (χ1v) is 6.57. The van der Waals surface area contributed by atoms with Gasteiger partial charge in [-0.1, -0.05) is 13.8 Å². The lowest BCUT2D eigenvalue weighted by molar-refractivity contribution is 0.302. The molecule has 0 aliphatic carbocycles. The molecule has 2 rings (SSSR count). The van der Waals surface area contributed by atoms with E-state index in [9.17, 15) is 0 Å². The Bertz CT molecular complexity index is 345. The molecule has 1 atom stereocenters. The van der Waals surface area contributed by atoms with E-state index in [2.05, 4.69) is 40.7 Å². The second-order valence-electron chi connectivity index (χ2n) is 5.41. The quantitative estimate of drug-likeness (QED) is 0.835. The highest BCUT2D eigenvalue weighted by molar-refractivity contribution is 4.92. The first-order valence-electron chi connectivity index (χ1n) is 6.57. The van der Waals surface area contributed by atoms with Crippen molar-refractivity contribution in [2.24, 2.45) is 13.0 Å². The number of rotatable bonds is 5. The SMILES string of the molecule is CC(C)NCC1CCN(Cc2nccn2C)C1. The lowest BCUT2D eigenvalue weighted by Crippen LogP contribution is -2.30. The van der Waals surface area contributed by atoms with E-state index in [1.54, 1.807) is 0 Å². The molecule has 1 aromatic heterocycles. The molecular weight excluding hydrogens is 212 g/mol. The summed E-state index contributed by atoms with van der Waals surface area (Å²) < 4.78 is 2.11. The molecule has 1 unspecified atom stereocenters. The van der Waals surface area contributed by atoms with Crippen molar-refractivity contribution in [2.75, 3.05) is 19.6 Å². The van der Waals surface area contributed by atoms with Gasteiger partial charge >= 0.3 is 0 Å². The van der Waals surface area contributed by atoms with Crippen LogP contribution in [0.1, 0.15) is 26.1 Å². The minimum Gasteiger partial charge on any atom is -0.337 e. The van der Waals surface area contributed by atoms with Crippen molar-refractivity contribution in [3.8, 4) is 0 Å². The lowest BCUT2D eigenvalue weighted by Gasteiger charge is -2.16. The maximum atomic E-state index is 4.38. The number of likely N-dealkylation sites (tertiary alicyclic amines) is 1. The van der Waals surface area contributed by atoms with Gasteiger partial charge in [-0.05, 0) is 25.4 Å². The second kappa shape index (κ2) is 5.65. The number of hydrogen-bond donors (Lipinski definition) is 1. The van der Waals surface area contributed by atoms with E-state index < -0.39 is 0 Å². The van der Waals surface area contributed by atoms with Crippen LogP contribution in [0.4, 0.5) is 0 Å². The molecule has 0 amide bonds. The van der Waals surface area contributed by atoms with Crippen LogP contribution in [0, 0.1) is 5.92 Å². The topological polar surface area (TPSA) is 33.1 Å². The van der Waals surface area contributed by atoms with Crippen LogP contribution in [0.2, 0.25) is 0 Å². The number of nitrogens with one attached hydrogen (secondary N) is 1. The third kappa shape index (κ3) is 3.54. The highest BCUT2D eigenvalue weighted by Crippen LogP contribution is 2.17. The predicted octanol–water partition coefficient (Wildman–Crippen LogP) is 1.24. The zero-order valence-corrected chi connectivity index (χ0v) is 11.2. The fourth-order valence-corrected chi connectivity index (χ4v) is 2.37. The molecule has 0 bridgehead atoms. The minimum atomic E-state index is 0.596. The van der Waals surface area contributed by atoms with Gasteiger partial charge in [-0.15, -0.1) is 0 Å². The maximum absolute atomic E-state index is 4.38. The van der Waals surface area contributed by atoms with Crippen molar-refractivity contribution >= 4 is 0 Å². The van der Waals surface area contributed by atoms with E-state index >= 15 is 0 Å². The van der Waals surface area contributed by atoms with Gasteiger partial charge in [0, 0.05) is 32.0 Å². The van der Waals surface area contributed by atoms with Crippen LogP contribution in [0.15, 0.2) is 12.4 Å². The maximum Gasteiger partial charge on any atom is 0.122 e. The zero-order chi connectivity index (χ0) is 12.3. The van der Waals surface area contributed by atoms with Crippen LogP contribution in [0.3, 0.4) is 0 Å². The van der Waals surface area contributed by atoms with E-state index in [4.69, 9.17) is 0 Å². The van der Waals surface area contributed by atoms with Crippen LogP contribution < -0.4 is 5.32 Å². The number of imidazole rings is 1. The van der Waals surface area contributed by atoms with E-state index in [1.807, 2.05) is 12.4 Å². The molecule has 1 fully saturated rings. The zero-order valence-electron chi connectivity index (χ0n) is 11.2. The first-order chi connectivity index (χ1) is 8.15. The molecule has 0 aromatic carbocycles. The van der Waals surface area contributed by atoms with Gasteiger partial charge in [-0.2, -0.15) is 0 Å². The van der Waals surface area contributed by atoms with Crippen molar-refractivity contribution in [3.05, 3.63) is 18.2 Å². The smallest absolute Gasteiger partial charge is 0.122 e. The second-order valence-corrected chi connectivity index (χ2v) is 5.41. The average molecular weight is 236 g/mol. The van der Waals surface area contributed by atoms with Gasteiger partial charge in [0.15, 0.2) is 0 Å². The third-order valence-electron chi connectivity index (χ3n) is 3.47. The van der Waals surface area contributed by atoms with Crippen LogP contribution in [-0.2, 0) is 13.6 Å². The van der Waals surface area contributed by atoms with Crippen LogP contribution in [0.5, 0.6) is 0 Å². The molecule has 1 N–H and O–H groups in total. The van der Waals surface area contributed by atoms with Crippen LogP contribution in [-0.4, -0.2) is 40.1 Å². The minimum absolute atomic E-state index is 0.596. The summed E-state index contributed by atoms with van der Waals surface area (Å²) in [6.07, 6.45) is 5.20. The Hall–Kier alpha value is -0.870. The largest absolute Gasteiger partial charge is 0.337 e. The summed E-state index contributed by atoms with van der Waals surface area (Å²) in [6, 6.07) is 0.596. The lowest BCUT2D eigenvalue weighted by atomic mass is 10.1. The summed E-state index contributed by atoms with van der Waals surface area (Å²) in [5.74, 6) is 1.97. The monoisotopic (exact) mass is 236 g/mol. The van der Waals surface area contributed by atoms with Gasteiger partial charge in [-0.25, -0.2) is 4.98 Å². The highest BCUT2D eigenvalue weighted by Gasteiger charge is 2.23. The van der Waals surface area contributed by atoms with Crippen molar-refractivity contribution in [2.45, 2.75) is 32.9 Å². The molecule has 96 valence electrons. The number of nitrogens with zero attached hydrogens (tertiary/aromatic N) is 3. The summed E-state index contributed by atoms with van der Waals surface area (Å²) in [5, 5.41) is 3.53. The predicted molar refractivity (Wildman–Crippen MR) is 69.7 cm³/mol. The Kier molecular flexibility index (Phi) is 4.18. The summed E-state index contributed by atoms with van der Waals surface area (Å²) in [6.45, 7) is 8.96. The van der Waals surface area contributed by atoms with Gasteiger partial charge in [0.25, 0.3) is 0 Å². The van der Waals surface area contributed by atoms with Crippen LogP contribution in [0.25, 0.3) is 0 Å². The Morgan fingerprint density at radius 3 is 3.00 bits per heavy atom. The molecular formula is C13H24N4. The summed E-state index contributed by atoms with van der Waals surface area (Å²) in [4.78, 5) is 6.89. The molecule has 4 heteroatoms. The first kappa shape index (κ1) is 12.6. The average Bonchev–Trinajstić information content (AvgIpc) is 2.87. The molecule has 1 saturated heterocycles. The molecule has 0 saturated carbocycles.